The van der Waals surface area contributed by atoms with E-state index in [0.29, 0.717) is 0 Å². The monoisotopic (exact) mass is 582 g/mol. The van der Waals surface area contributed by atoms with E-state index in [1.807, 2.05) is 0 Å². The standard InChI is InChI=1S/C42H35BO2/c1-41(2)42(3,4)45-43(44-41)33-17-9-16-32(26-33)40-38(37-21-11-15-29-13-6-8-19-35(29)37)25-24-30-22-23-31(27-39(30)40)36-20-10-14-28-12-5-7-18-34(28)36/h5-27H,1-4H3. The lowest BCUT2D eigenvalue weighted by molar-refractivity contribution is 0.00578. The molecule has 218 valence electrons. The van der Waals surface area contributed by atoms with Crippen LogP contribution in [-0.4, -0.2) is 18.3 Å². The molecule has 1 fully saturated rings. The fourth-order valence-electron chi connectivity index (χ4n) is 6.78. The second-order valence-corrected chi connectivity index (χ2v) is 13.2. The fourth-order valence-corrected chi connectivity index (χ4v) is 6.78. The van der Waals surface area contributed by atoms with Gasteiger partial charge in [-0.2, -0.15) is 0 Å². The highest BCUT2D eigenvalue weighted by Gasteiger charge is 2.51. The van der Waals surface area contributed by atoms with Gasteiger partial charge in [-0.05, 0) is 105 Å². The second kappa shape index (κ2) is 10.4. The van der Waals surface area contributed by atoms with E-state index in [9.17, 15) is 0 Å². The number of rotatable bonds is 4. The third kappa shape index (κ3) is 4.66. The first kappa shape index (κ1) is 27.8. The Labute approximate surface area is 265 Å². The molecule has 0 saturated carbocycles. The topological polar surface area (TPSA) is 18.5 Å². The summed E-state index contributed by atoms with van der Waals surface area (Å²) in [7, 11) is -0.433. The van der Waals surface area contributed by atoms with Crippen LogP contribution in [0, 0.1) is 0 Å². The zero-order valence-electron chi connectivity index (χ0n) is 26.2. The van der Waals surface area contributed by atoms with Gasteiger partial charge in [0.1, 0.15) is 0 Å². The number of hydrogen-bond acceptors (Lipinski definition) is 2. The molecule has 1 heterocycles. The summed E-state index contributed by atoms with van der Waals surface area (Å²) in [5.41, 5.74) is 7.44. The minimum absolute atomic E-state index is 0.408. The van der Waals surface area contributed by atoms with Gasteiger partial charge in [-0.1, -0.05) is 133 Å². The molecule has 0 unspecified atom stereocenters. The maximum absolute atomic E-state index is 6.50. The Morgan fingerprint density at radius 1 is 0.422 bits per heavy atom. The van der Waals surface area contributed by atoms with E-state index in [4.69, 9.17) is 9.31 Å². The number of hydrogen-bond donors (Lipinski definition) is 0. The van der Waals surface area contributed by atoms with Crippen molar-refractivity contribution in [3.05, 3.63) is 140 Å². The molecule has 1 saturated heterocycles. The maximum Gasteiger partial charge on any atom is 0.494 e. The van der Waals surface area contributed by atoms with E-state index in [1.165, 1.54) is 60.1 Å². The molecule has 7 aromatic rings. The molecular weight excluding hydrogens is 547 g/mol. The van der Waals surface area contributed by atoms with Crippen molar-refractivity contribution in [2.24, 2.45) is 0 Å². The van der Waals surface area contributed by atoms with E-state index >= 15 is 0 Å². The van der Waals surface area contributed by atoms with Crippen molar-refractivity contribution in [2.75, 3.05) is 0 Å². The Morgan fingerprint density at radius 3 is 1.69 bits per heavy atom. The lowest BCUT2D eigenvalue weighted by atomic mass is 9.77. The van der Waals surface area contributed by atoms with Crippen molar-refractivity contribution in [1.82, 2.24) is 0 Å². The van der Waals surface area contributed by atoms with Crippen molar-refractivity contribution < 1.29 is 9.31 Å². The molecule has 0 bridgehead atoms. The normalized spacial score (nSPS) is 15.7. The molecular formula is C42H35BO2. The molecule has 1 aliphatic heterocycles. The van der Waals surface area contributed by atoms with Gasteiger partial charge in [0.05, 0.1) is 11.2 Å². The summed E-state index contributed by atoms with van der Waals surface area (Å²) < 4.78 is 13.0. The molecule has 3 heteroatoms. The predicted octanol–water partition coefficient (Wildman–Crippen LogP) is 10.4. The van der Waals surface area contributed by atoms with Crippen LogP contribution < -0.4 is 5.46 Å². The molecule has 0 aromatic heterocycles. The molecule has 0 amide bonds. The average Bonchev–Trinajstić information content (AvgIpc) is 3.29. The lowest BCUT2D eigenvalue weighted by Gasteiger charge is -2.32. The van der Waals surface area contributed by atoms with Gasteiger partial charge in [-0.15, -0.1) is 0 Å². The van der Waals surface area contributed by atoms with Crippen LogP contribution in [0.2, 0.25) is 0 Å². The second-order valence-electron chi connectivity index (χ2n) is 13.2. The Balaban J connectivity index is 1.39. The van der Waals surface area contributed by atoms with Crippen LogP contribution in [0.15, 0.2) is 140 Å². The summed E-state index contributed by atoms with van der Waals surface area (Å²) in [5, 5.41) is 7.41. The molecule has 45 heavy (non-hydrogen) atoms. The summed E-state index contributed by atoms with van der Waals surface area (Å²) in [6.07, 6.45) is 0. The average molecular weight is 583 g/mol. The van der Waals surface area contributed by atoms with Crippen molar-refractivity contribution in [2.45, 2.75) is 38.9 Å². The molecule has 1 aliphatic rings. The van der Waals surface area contributed by atoms with Crippen LogP contribution in [-0.2, 0) is 9.31 Å². The largest absolute Gasteiger partial charge is 0.494 e. The Kier molecular flexibility index (Phi) is 6.46. The third-order valence-electron chi connectivity index (χ3n) is 9.90. The maximum atomic E-state index is 6.50. The minimum atomic E-state index is -0.433. The van der Waals surface area contributed by atoms with E-state index in [2.05, 4.69) is 167 Å². The van der Waals surface area contributed by atoms with Crippen LogP contribution in [0.1, 0.15) is 27.7 Å². The van der Waals surface area contributed by atoms with Gasteiger partial charge in [0.2, 0.25) is 0 Å². The van der Waals surface area contributed by atoms with E-state index in [0.717, 1.165) is 11.0 Å². The van der Waals surface area contributed by atoms with E-state index in [1.54, 1.807) is 0 Å². The summed E-state index contributed by atoms with van der Waals surface area (Å²) in [4.78, 5) is 0. The Hall–Kier alpha value is -4.70. The third-order valence-corrected chi connectivity index (χ3v) is 9.90. The first-order valence-corrected chi connectivity index (χ1v) is 15.8. The van der Waals surface area contributed by atoms with Gasteiger partial charge in [0.15, 0.2) is 0 Å². The van der Waals surface area contributed by atoms with Crippen LogP contribution in [0.4, 0.5) is 0 Å². The number of fused-ring (bicyclic) bond motifs is 3. The first-order valence-electron chi connectivity index (χ1n) is 15.8. The highest BCUT2D eigenvalue weighted by Crippen LogP contribution is 2.43. The van der Waals surface area contributed by atoms with Gasteiger partial charge in [0, 0.05) is 0 Å². The summed E-state index contributed by atoms with van der Waals surface area (Å²) in [6, 6.07) is 50.7. The molecule has 0 aliphatic carbocycles. The van der Waals surface area contributed by atoms with Crippen molar-refractivity contribution >= 4 is 44.9 Å². The zero-order valence-corrected chi connectivity index (χ0v) is 26.2. The molecule has 2 nitrogen and oxygen atoms in total. The summed E-state index contributed by atoms with van der Waals surface area (Å²) in [6.45, 7) is 8.42. The zero-order chi connectivity index (χ0) is 30.8. The minimum Gasteiger partial charge on any atom is -0.399 e. The highest BCUT2D eigenvalue weighted by molar-refractivity contribution is 6.62. The molecule has 0 N–H and O–H groups in total. The predicted molar refractivity (Wildman–Crippen MR) is 191 cm³/mol. The molecule has 0 atom stereocenters. The van der Waals surface area contributed by atoms with Crippen molar-refractivity contribution in [1.29, 1.82) is 0 Å². The van der Waals surface area contributed by atoms with Gasteiger partial charge in [-0.3, -0.25) is 0 Å². The van der Waals surface area contributed by atoms with Crippen LogP contribution in [0.25, 0.3) is 65.7 Å². The Bertz CT molecular complexity index is 2210. The summed E-state index contributed by atoms with van der Waals surface area (Å²) >= 11 is 0. The van der Waals surface area contributed by atoms with Gasteiger partial charge in [0.25, 0.3) is 0 Å². The fraction of sp³-hybridized carbons (Fsp3) is 0.143. The van der Waals surface area contributed by atoms with E-state index < -0.39 is 18.3 Å². The molecule has 0 spiro atoms. The Morgan fingerprint density at radius 2 is 0.978 bits per heavy atom. The van der Waals surface area contributed by atoms with Gasteiger partial charge < -0.3 is 9.31 Å². The smallest absolute Gasteiger partial charge is 0.399 e. The quantitative estimate of drug-likeness (QED) is 0.192. The van der Waals surface area contributed by atoms with E-state index in [-0.39, 0.29) is 0 Å². The lowest BCUT2D eigenvalue weighted by Crippen LogP contribution is -2.41. The highest BCUT2D eigenvalue weighted by atomic mass is 16.7. The van der Waals surface area contributed by atoms with Crippen LogP contribution in [0.5, 0.6) is 0 Å². The molecule has 7 aromatic carbocycles. The van der Waals surface area contributed by atoms with Crippen molar-refractivity contribution in [3.8, 4) is 33.4 Å². The first-order chi connectivity index (χ1) is 21.8. The summed E-state index contributed by atoms with van der Waals surface area (Å²) in [5.74, 6) is 0. The van der Waals surface area contributed by atoms with Crippen LogP contribution >= 0.6 is 0 Å². The molecule has 0 radical (unpaired) electrons. The molecule has 8 rings (SSSR count). The van der Waals surface area contributed by atoms with Gasteiger partial charge in [-0.25, -0.2) is 0 Å². The van der Waals surface area contributed by atoms with Gasteiger partial charge >= 0.3 is 7.12 Å². The van der Waals surface area contributed by atoms with Crippen molar-refractivity contribution in [3.63, 3.8) is 0 Å². The number of benzene rings is 7. The SMILES string of the molecule is CC1(C)OB(c2cccc(-c3c(-c4cccc5ccccc45)ccc4ccc(-c5cccc6ccccc56)cc34)c2)OC1(C)C. The van der Waals surface area contributed by atoms with Crippen LogP contribution in [0.3, 0.4) is 0 Å².